The molecule has 1 amide bonds. The maximum atomic E-state index is 13.2. The maximum absolute atomic E-state index is 13.2. The fourth-order valence-corrected chi connectivity index (χ4v) is 7.77. The number of rotatable bonds is 48. The minimum atomic E-state index is -0.817. The fourth-order valence-electron chi connectivity index (χ4n) is 7.77. The third-order valence-corrected chi connectivity index (χ3v) is 11.9. The van der Waals surface area contributed by atoms with E-state index in [0.717, 1.165) is 77.0 Å². The topological polar surface area (TPSA) is 95.9 Å². The van der Waals surface area contributed by atoms with Crippen LogP contribution in [0, 0.1) is 0 Å². The lowest BCUT2D eigenvalue weighted by molar-refractivity contribution is -0.150. The molecular formula is C59H103NO5. The van der Waals surface area contributed by atoms with Crippen molar-refractivity contribution < 1.29 is 24.5 Å². The van der Waals surface area contributed by atoms with Crippen molar-refractivity contribution in [2.24, 2.45) is 0 Å². The largest absolute Gasteiger partial charge is 0.461 e. The summed E-state index contributed by atoms with van der Waals surface area (Å²) in [6, 6.07) is -0.737. The van der Waals surface area contributed by atoms with E-state index in [0.29, 0.717) is 19.3 Å². The first-order valence-electron chi connectivity index (χ1n) is 27.3. The average Bonchev–Trinajstić information content (AvgIpc) is 3.30. The van der Waals surface area contributed by atoms with E-state index in [1.165, 1.54) is 128 Å². The van der Waals surface area contributed by atoms with Gasteiger partial charge in [-0.1, -0.05) is 234 Å². The monoisotopic (exact) mass is 906 g/mol. The summed E-state index contributed by atoms with van der Waals surface area (Å²) in [5.74, 6) is -0.592. The van der Waals surface area contributed by atoms with E-state index in [9.17, 15) is 19.8 Å². The van der Waals surface area contributed by atoms with Crippen LogP contribution < -0.4 is 5.32 Å². The van der Waals surface area contributed by atoms with Gasteiger partial charge in [0.2, 0.25) is 5.91 Å². The summed E-state index contributed by atoms with van der Waals surface area (Å²) in [4.78, 5) is 26.2. The normalized spacial score (nSPS) is 13.9. The second-order valence-electron chi connectivity index (χ2n) is 18.3. The second kappa shape index (κ2) is 52.0. The molecule has 0 aromatic rings. The molecule has 0 fully saturated rings. The molecule has 0 aliphatic heterocycles. The predicted molar refractivity (Wildman–Crippen MR) is 282 cm³/mol. The summed E-state index contributed by atoms with van der Waals surface area (Å²) in [5, 5.41) is 23.7. The highest BCUT2D eigenvalue weighted by molar-refractivity contribution is 5.77. The second-order valence-corrected chi connectivity index (χ2v) is 18.3. The van der Waals surface area contributed by atoms with Crippen LogP contribution in [0.25, 0.3) is 0 Å². The van der Waals surface area contributed by atoms with Gasteiger partial charge in [0.05, 0.1) is 25.2 Å². The molecule has 3 atom stereocenters. The van der Waals surface area contributed by atoms with Crippen molar-refractivity contribution in [3.63, 3.8) is 0 Å². The number of hydrogen-bond donors (Lipinski definition) is 3. The van der Waals surface area contributed by atoms with Crippen molar-refractivity contribution in [3.8, 4) is 0 Å². The quantitative estimate of drug-likeness (QED) is 0.0321. The zero-order valence-corrected chi connectivity index (χ0v) is 42.6. The minimum Gasteiger partial charge on any atom is -0.461 e. The van der Waals surface area contributed by atoms with Gasteiger partial charge in [-0.05, 0) is 83.5 Å². The highest BCUT2D eigenvalue weighted by Gasteiger charge is 2.23. The lowest BCUT2D eigenvalue weighted by Crippen LogP contribution is -2.46. The smallest absolute Gasteiger partial charge is 0.306 e. The lowest BCUT2D eigenvalue weighted by Gasteiger charge is -2.24. The van der Waals surface area contributed by atoms with Gasteiger partial charge in [-0.3, -0.25) is 9.59 Å². The first kappa shape index (κ1) is 62.0. The van der Waals surface area contributed by atoms with E-state index < -0.39 is 18.2 Å². The zero-order chi connectivity index (χ0) is 47.4. The van der Waals surface area contributed by atoms with E-state index in [-0.39, 0.29) is 24.9 Å². The highest BCUT2D eigenvalue weighted by Crippen LogP contribution is 2.16. The number of allylic oxidation sites excluding steroid dienone is 13. The van der Waals surface area contributed by atoms with E-state index in [1.807, 2.05) is 6.08 Å². The molecule has 0 spiro atoms. The van der Waals surface area contributed by atoms with Crippen LogP contribution in [0.3, 0.4) is 0 Å². The number of nitrogens with one attached hydrogen (secondary N) is 1. The van der Waals surface area contributed by atoms with Gasteiger partial charge in [-0.25, -0.2) is 0 Å². The SMILES string of the molecule is CCCCC/C=C\C/C=C\C/C=C\C/C=C\CC(CC(=O)NC(CO)C(O)CCCCCCCCCCCCCC)OC(=O)CCCCCCCC/C=C\C/C=C\C/C=C\CCCCC. The van der Waals surface area contributed by atoms with Gasteiger partial charge in [0.15, 0.2) is 0 Å². The molecule has 0 saturated heterocycles. The van der Waals surface area contributed by atoms with E-state index in [4.69, 9.17) is 4.74 Å². The van der Waals surface area contributed by atoms with Crippen molar-refractivity contribution in [2.75, 3.05) is 6.61 Å². The molecule has 0 bridgehead atoms. The summed E-state index contributed by atoms with van der Waals surface area (Å²) in [6.45, 7) is 6.40. The van der Waals surface area contributed by atoms with Crippen LogP contribution >= 0.6 is 0 Å². The van der Waals surface area contributed by atoms with Gasteiger partial charge in [0.1, 0.15) is 6.10 Å². The Morgan fingerprint density at radius 1 is 0.462 bits per heavy atom. The zero-order valence-electron chi connectivity index (χ0n) is 42.6. The molecular weight excluding hydrogens is 803 g/mol. The number of aliphatic hydroxyl groups is 2. The molecule has 0 rings (SSSR count). The van der Waals surface area contributed by atoms with Gasteiger partial charge in [-0.15, -0.1) is 0 Å². The molecule has 3 unspecified atom stereocenters. The fraction of sp³-hybridized carbons (Fsp3) is 0.729. The number of carbonyl (C=O) groups is 2. The lowest BCUT2D eigenvalue weighted by atomic mass is 10.0. The van der Waals surface area contributed by atoms with Crippen LogP contribution in [0.2, 0.25) is 0 Å². The molecule has 3 N–H and O–H groups in total. The van der Waals surface area contributed by atoms with Crippen LogP contribution in [0.1, 0.15) is 252 Å². The summed E-state index contributed by atoms with van der Waals surface area (Å²) in [5.41, 5.74) is 0. The van der Waals surface area contributed by atoms with Gasteiger partial charge >= 0.3 is 5.97 Å². The van der Waals surface area contributed by atoms with Crippen molar-refractivity contribution >= 4 is 11.9 Å². The number of aliphatic hydroxyl groups excluding tert-OH is 2. The van der Waals surface area contributed by atoms with Crippen LogP contribution in [-0.4, -0.2) is 46.9 Å². The van der Waals surface area contributed by atoms with Gasteiger partial charge in [-0.2, -0.15) is 0 Å². The standard InChI is InChI=1S/C59H103NO5/c1-4-7-10-13-16-19-22-25-27-28-29-30-32-34-37-40-43-46-49-52-59(64)65-55(50-47-44-41-38-35-33-31-26-23-20-17-14-11-8-5-2)53-58(63)60-56(54-61)57(62)51-48-45-42-39-36-24-21-18-15-12-9-6-3/h16-17,19-20,25-27,29-31,35,38,44,47,55-57,61-62H,4-15,18,21-24,28,32-34,36-37,39-43,45-46,48-54H2,1-3H3,(H,60,63)/b19-16-,20-17-,27-25-,30-29-,31-26-,38-35-,47-44-. The third-order valence-electron chi connectivity index (χ3n) is 11.9. The highest BCUT2D eigenvalue weighted by atomic mass is 16.5. The van der Waals surface area contributed by atoms with Crippen molar-refractivity contribution in [1.82, 2.24) is 5.32 Å². The molecule has 0 aliphatic rings. The molecule has 0 aliphatic carbocycles. The molecule has 65 heavy (non-hydrogen) atoms. The molecule has 0 aromatic carbocycles. The molecule has 6 heteroatoms. The number of esters is 1. The Labute approximate surface area is 402 Å². The average molecular weight is 906 g/mol. The Bertz CT molecular complexity index is 1250. The van der Waals surface area contributed by atoms with Crippen LogP contribution in [-0.2, 0) is 14.3 Å². The number of ether oxygens (including phenoxy) is 1. The van der Waals surface area contributed by atoms with Gasteiger partial charge < -0.3 is 20.3 Å². The Hall–Kier alpha value is -2.96. The molecule has 0 aromatic heterocycles. The molecule has 0 heterocycles. The maximum Gasteiger partial charge on any atom is 0.306 e. The Morgan fingerprint density at radius 2 is 0.815 bits per heavy atom. The first-order valence-corrected chi connectivity index (χ1v) is 27.3. The predicted octanol–water partition coefficient (Wildman–Crippen LogP) is 16.7. The Balaban J connectivity index is 4.71. The van der Waals surface area contributed by atoms with Gasteiger partial charge in [0.25, 0.3) is 0 Å². The number of hydrogen-bond acceptors (Lipinski definition) is 5. The van der Waals surface area contributed by atoms with E-state index in [2.05, 4.69) is 105 Å². The van der Waals surface area contributed by atoms with E-state index in [1.54, 1.807) is 0 Å². The van der Waals surface area contributed by atoms with Crippen LogP contribution in [0.5, 0.6) is 0 Å². The molecule has 0 saturated carbocycles. The van der Waals surface area contributed by atoms with E-state index >= 15 is 0 Å². The summed E-state index contributed by atoms with van der Waals surface area (Å²) in [7, 11) is 0. The minimum absolute atomic E-state index is 0.00708. The number of carbonyl (C=O) groups excluding carboxylic acids is 2. The van der Waals surface area contributed by atoms with Crippen LogP contribution in [0.15, 0.2) is 85.1 Å². The van der Waals surface area contributed by atoms with Crippen LogP contribution in [0.4, 0.5) is 0 Å². The molecule has 374 valence electrons. The summed E-state index contributed by atoms with van der Waals surface area (Å²) in [6.07, 6.45) is 68.0. The third kappa shape index (κ3) is 47.3. The summed E-state index contributed by atoms with van der Waals surface area (Å²) < 4.78 is 5.88. The van der Waals surface area contributed by atoms with Crippen molar-refractivity contribution in [1.29, 1.82) is 0 Å². The molecule has 0 radical (unpaired) electrons. The number of unbranched alkanes of at least 4 members (excludes halogenated alkanes) is 23. The Kier molecular flexibility index (Phi) is 49.6. The van der Waals surface area contributed by atoms with Crippen molar-refractivity contribution in [2.45, 2.75) is 270 Å². The van der Waals surface area contributed by atoms with Gasteiger partial charge in [0, 0.05) is 12.8 Å². The molecule has 6 nitrogen and oxygen atoms in total. The summed E-state index contributed by atoms with van der Waals surface area (Å²) >= 11 is 0. The first-order chi connectivity index (χ1) is 32.0. The Morgan fingerprint density at radius 3 is 1.26 bits per heavy atom. The number of amides is 1. The van der Waals surface area contributed by atoms with Crippen molar-refractivity contribution in [3.05, 3.63) is 85.1 Å².